The van der Waals surface area contributed by atoms with E-state index in [0.717, 1.165) is 11.6 Å². The number of sulfonamides is 1. The Labute approximate surface area is 149 Å². The first-order valence-electron chi connectivity index (χ1n) is 7.43. The summed E-state index contributed by atoms with van der Waals surface area (Å²) in [6, 6.07) is 12.9. The van der Waals surface area contributed by atoms with Crippen LogP contribution in [0.25, 0.3) is 0 Å². The van der Waals surface area contributed by atoms with Gasteiger partial charge >= 0.3 is 0 Å². The molecule has 0 N–H and O–H groups in total. The van der Waals surface area contributed by atoms with Gasteiger partial charge in [0.15, 0.2) is 0 Å². The fraction of sp³-hybridized carbons (Fsp3) is 0.188. The van der Waals surface area contributed by atoms with Crippen LogP contribution in [0.2, 0.25) is 5.02 Å². The second-order valence-corrected chi connectivity index (χ2v) is 7.68. The normalized spacial score (nSPS) is 14.4. The summed E-state index contributed by atoms with van der Waals surface area (Å²) in [5.41, 5.74) is 0.494. The smallest absolute Gasteiger partial charge is 0.269 e. The molecule has 0 saturated carbocycles. The highest BCUT2D eigenvalue weighted by Gasteiger charge is 2.32. The van der Waals surface area contributed by atoms with Gasteiger partial charge in [0, 0.05) is 12.5 Å². The van der Waals surface area contributed by atoms with Crippen LogP contribution < -0.4 is 0 Å². The molecule has 0 atom stereocenters. The predicted molar refractivity (Wildman–Crippen MR) is 94.4 cm³/mol. The third kappa shape index (κ3) is 3.49. The number of halogens is 1. The molecule has 0 unspecified atom stereocenters. The first-order chi connectivity index (χ1) is 11.9. The number of amidine groups is 1. The third-order valence-corrected chi connectivity index (χ3v) is 5.94. The Morgan fingerprint density at radius 1 is 1.20 bits per heavy atom. The van der Waals surface area contributed by atoms with Gasteiger partial charge in [-0.15, -0.1) is 0 Å². The number of nitro benzene ring substituents is 1. The number of aliphatic imine (C=N–C) groups is 1. The molecule has 0 saturated heterocycles. The van der Waals surface area contributed by atoms with Crippen molar-refractivity contribution in [2.75, 3.05) is 13.1 Å². The molecular formula is C16H14ClN3O4S. The Hall–Kier alpha value is -2.45. The number of nitro groups is 1. The van der Waals surface area contributed by atoms with E-state index in [4.69, 9.17) is 11.6 Å². The van der Waals surface area contributed by atoms with Crippen LogP contribution in [0.15, 0.2) is 58.4 Å². The Morgan fingerprint density at radius 3 is 2.60 bits per heavy atom. The minimum absolute atomic E-state index is 0.108. The summed E-state index contributed by atoms with van der Waals surface area (Å²) in [7, 11) is -3.94. The van der Waals surface area contributed by atoms with Crippen LogP contribution in [0.1, 0.15) is 5.56 Å². The van der Waals surface area contributed by atoms with Crippen LogP contribution in [0.5, 0.6) is 0 Å². The molecular weight excluding hydrogens is 366 g/mol. The molecule has 2 aromatic rings. The zero-order valence-corrected chi connectivity index (χ0v) is 14.6. The van der Waals surface area contributed by atoms with Crippen LogP contribution in [0.3, 0.4) is 0 Å². The Kier molecular flexibility index (Phi) is 4.73. The molecule has 0 amide bonds. The van der Waals surface area contributed by atoms with Gasteiger partial charge in [0.2, 0.25) is 0 Å². The molecule has 130 valence electrons. The second kappa shape index (κ2) is 6.81. The third-order valence-electron chi connectivity index (χ3n) is 3.79. The Morgan fingerprint density at radius 2 is 1.92 bits per heavy atom. The van der Waals surface area contributed by atoms with E-state index in [2.05, 4.69) is 4.99 Å². The molecule has 1 heterocycles. The van der Waals surface area contributed by atoms with E-state index in [0.29, 0.717) is 18.8 Å². The van der Waals surface area contributed by atoms with E-state index in [-0.39, 0.29) is 16.5 Å². The minimum Gasteiger partial charge on any atom is -0.269 e. The van der Waals surface area contributed by atoms with Gasteiger partial charge < -0.3 is 0 Å². The standard InChI is InChI=1S/C16H14ClN3O4S/c17-14-7-6-13(11-15(14)20(21)22)25(23,24)19-9-8-18-16(19)10-12-4-2-1-3-5-12/h1-7,11H,8-10H2. The highest BCUT2D eigenvalue weighted by atomic mass is 35.5. The van der Waals surface area contributed by atoms with Crippen molar-refractivity contribution in [3.05, 3.63) is 69.2 Å². The largest absolute Gasteiger partial charge is 0.289 e. The monoisotopic (exact) mass is 379 g/mol. The highest BCUT2D eigenvalue weighted by molar-refractivity contribution is 7.89. The van der Waals surface area contributed by atoms with E-state index in [1.807, 2.05) is 30.3 Å². The first-order valence-corrected chi connectivity index (χ1v) is 9.25. The first kappa shape index (κ1) is 17.4. The fourth-order valence-corrected chi connectivity index (χ4v) is 4.24. The molecule has 1 aliphatic rings. The molecule has 0 fully saturated rings. The van der Waals surface area contributed by atoms with Gasteiger partial charge in [-0.3, -0.25) is 19.4 Å². The molecule has 0 aliphatic carbocycles. The summed E-state index contributed by atoms with van der Waals surface area (Å²) in [5.74, 6) is 0.420. The number of hydrogen-bond acceptors (Lipinski definition) is 5. The zero-order chi connectivity index (χ0) is 18.0. The Bertz CT molecular complexity index is 945. The number of benzene rings is 2. The molecule has 0 radical (unpaired) electrons. The minimum atomic E-state index is -3.94. The highest BCUT2D eigenvalue weighted by Crippen LogP contribution is 2.29. The summed E-state index contributed by atoms with van der Waals surface area (Å²) < 4.78 is 27.0. The van der Waals surface area contributed by atoms with Crippen molar-refractivity contribution < 1.29 is 13.3 Å². The number of rotatable bonds is 5. The Balaban J connectivity index is 1.93. The molecule has 1 aliphatic heterocycles. The number of hydrogen-bond donors (Lipinski definition) is 0. The molecule has 0 spiro atoms. The van der Waals surface area contributed by atoms with E-state index in [1.165, 1.54) is 16.4 Å². The lowest BCUT2D eigenvalue weighted by molar-refractivity contribution is -0.384. The maximum Gasteiger partial charge on any atom is 0.289 e. The SMILES string of the molecule is O=[N+]([O-])c1cc(S(=O)(=O)N2CCN=C2Cc2ccccc2)ccc1Cl. The van der Waals surface area contributed by atoms with Crippen LogP contribution in [-0.4, -0.2) is 36.6 Å². The van der Waals surface area contributed by atoms with Crippen molar-refractivity contribution in [3.8, 4) is 0 Å². The fourth-order valence-electron chi connectivity index (χ4n) is 2.58. The van der Waals surface area contributed by atoms with E-state index >= 15 is 0 Å². The lowest BCUT2D eigenvalue weighted by atomic mass is 10.1. The molecule has 0 aromatic heterocycles. The summed E-state index contributed by atoms with van der Waals surface area (Å²) >= 11 is 5.76. The van der Waals surface area contributed by atoms with Gasteiger partial charge in [0.1, 0.15) is 10.9 Å². The van der Waals surface area contributed by atoms with Gasteiger partial charge in [0.05, 0.1) is 22.9 Å². The quantitative estimate of drug-likeness (QED) is 0.589. The summed E-state index contributed by atoms with van der Waals surface area (Å²) in [6.45, 7) is 0.567. The molecule has 2 aromatic carbocycles. The molecule has 3 rings (SSSR count). The van der Waals surface area contributed by atoms with Crippen molar-refractivity contribution in [2.45, 2.75) is 11.3 Å². The van der Waals surface area contributed by atoms with Crippen LogP contribution in [0.4, 0.5) is 5.69 Å². The van der Waals surface area contributed by atoms with E-state index < -0.39 is 20.6 Å². The van der Waals surface area contributed by atoms with Crippen LogP contribution >= 0.6 is 11.6 Å². The molecule has 25 heavy (non-hydrogen) atoms. The lowest BCUT2D eigenvalue weighted by Crippen LogP contribution is -2.35. The van der Waals surface area contributed by atoms with Crippen molar-refractivity contribution in [3.63, 3.8) is 0 Å². The van der Waals surface area contributed by atoms with Crippen LogP contribution in [0, 0.1) is 10.1 Å². The topological polar surface area (TPSA) is 92.9 Å². The lowest BCUT2D eigenvalue weighted by Gasteiger charge is -2.20. The molecule has 0 bridgehead atoms. The molecule has 7 nitrogen and oxygen atoms in total. The van der Waals surface area contributed by atoms with Gasteiger partial charge in [-0.25, -0.2) is 8.42 Å². The van der Waals surface area contributed by atoms with Crippen molar-refractivity contribution in [1.82, 2.24) is 4.31 Å². The maximum atomic E-state index is 12.9. The number of nitrogens with zero attached hydrogens (tertiary/aromatic N) is 3. The average Bonchev–Trinajstić information content (AvgIpc) is 3.04. The van der Waals surface area contributed by atoms with Crippen molar-refractivity contribution in [2.24, 2.45) is 4.99 Å². The van der Waals surface area contributed by atoms with Gasteiger partial charge in [-0.05, 0) is 17.7 Å². The van der Waals surface area contributed by atoms with E-state index in [9.17, 15) is 18.5 Å². The molecule has 9 heteroatoms. The van der Waals surface area contributed by atoms with Crippen molar-refractivity contribution in [1.29, 1.82) is 0 Å². The van der Waals surface area contributed by atoms with Crippen molar-refractivity contribution >= 4 is 33.1 Å². The maximum absolute atomic E-state index is 12.9. The average molecular weight is 380 g/mol. The van der Waals surface area contributed by atoms with Gasteiger partial charge in [-0.1, -0.05) is 41.9 Å². The second-order valence-electron chi connectivity index (χ2n) is 5.41. The summed E-state index contributed by atoms with van der Waals surface area (Å²) in [4.78, 5) is 14.4. The zero-order valence-electron chi connectivity index (χ0n) is 13.0. The summed E-state index contributed by atoms with van der Waals surface area (Å²) in [6.07, 6.45) is 0.371. The van der Waals surface area contributed by atoms with Crippen LogP contribution in [-0.2, 0) is 16.4 Å². The predicted octanol–water partition coefficient (Wildman–Crippen LogP) is 2.89. The van der Waals surface area contributed by atoms with Gasteiger partial charge in [-0.2, -0.15) is 0 Å². The summed E-state index contributed by atoms with van der Waals surface area (Å²) in [5, 5.41) is 10.9. The van der Waals surface area contributed by atoms with E-state index in [1.54, 1.807) is 0 Å². The van der Waals surface area contributed by atoms with Gasteiger partial charge in [0.25, 0.3) is 15.7 Å².